The summed E-state index contributed by atoms with van der Waals surface area (Å²) in [5.41, 5.74) is -0.425. The third-order valence-corrected chi connectivity index (χ3v) is 5.13. The number of aliphatic hydroxyl groups is 1. The second-order valence-electron chi connectivity index (χ2n) is 6.38. The second-order valence-corrected chi connectivity index (χ2v) is 6.38. The minimum Gasteiger partial charge on any atom is -0.391 e. The van der Waals surface area contributed by atoms with Crippen LogP contribution in [0.1, 0.15) is 77.0 Å². The van der Waals surface area contributed by atoms with Gasteiger partial charge in [-0.25, -0.2) is 0 Å². The lowest BCUT2D eigenvalue weighted by Gasteiger charge is -2.35. The highest BCUT2D eigenvalue weighted by molar-refractivity contribution is 5.06. The predicted molar refractivity (Wildman–Crippen MR) is 72.9 cm³/mol. The molecule has 2 heteroatoms. The monoisotopic (exact) mass is 249 g/mol. The van der Waals surface area contributed by atoms with Crippen LogP contribution in [0.15, 0.2) is 0 Å². The van der Waals surface area contributed by atoms with E-state index in [0.29, 0.717) is 5.92 Å². The summed E-state index contributed by atoms with van der Waals surface area (Å²) in [5, 5.41) is 20.4. The molecular formula is C16H27NO. The van der Waals surface area contributed by atoms with Gasteiger partial charge >= 0.3 is 0 Å². The van der Waals surface area contributed by atoms with Crippen molar-refractivity contribution in [3.63, 3.8) is 0 Å². The molecule has 2 saturated carbocycles. The molecular weight excluding hydrogens is 222 g/mol. The average Bonchev–Trinajstić information content (AvgIpc) is 2.81. The number of aliphatic hydroxyl groups excluding tert-OH is 1. The quantitative estimate of drug-likeness (QED) is 0.746. The second kappa shape index (κ2) is 6.57. The maximum Gasteiger partial charge on any atom is 0.0835 e. The van der Waals surface area contributed by atoms with Crippen molar-refractivity contribution in [2.24, 2.45) is 11.3 Å². The molecule has 0 aromatic carbocycles. The lowest BCUT2D eigenvalue weighted by atomic mass is 9.70. The summed E-state index contributed by atoms with van der Waals surface area (Å²) in [5.74, 6) is 0.380. The molecule has 0 aromatic rings. The van der Waals surface area contributed by atoms with Crippen molar-refractivity contribution in [1.29, 1.82) is 5.26 Å². The Morgan fingerprint density at radius 3 is 1.89 bits per heavy atom. The molecule has 1 unspecified atom stereocenters. The summed E-state index contributed by atoms with van der Waals surface area (Å²) < 4.78 is 0. The molecule has 0 saturated heterocycles. The third-order valence-electron chi connectivity index (χ3n) is 5.13. The van der Waals surface area contributed by atoms with Gasteiger partial charge in [-0.15, -0.1) is 0 Å². The van der Waals surface area contributed by atoms with Gasteiger partial charge in [0.15, 0.2) is 0 Å². The number of nitrogens with zero attached hydrogens (tertiary/aromatic N) is 1. The van der Waals surface area contributed by atoms with Gasteiger partial charge in [0.25, 0.3) is 0 Å². The zero-order valence-corrected chi connectivity index (χ0v) is 11.5. The van der Waals surface area contributed by atoms with E-state index in [0.717, 1.165) is 38.5 Å². The Morgan fingerprint density at radius 1 is 0.889 bits per heavy atom. The minimum atomic E-state index is -0.425. The van der Waals surface area contributed by atoms with Crippen LogP contribution in [0.4, 0.5) is 0 Å². The standard InChI is InChI=1S/C16H27NO/c17-13-16(11-7-3-4-8-12-16)15(18)14-9-5-1-2-6-10-14/h14-15,18H,1-12H2. The van der Waals surface area contributed by atoms with E-state index < -0.39 is 5.41 Å². The van der Waals surface area contributed by atoms with Crippen LogP contribution in [-0.4, -0.2) is 11.2 Å². The highest BCUT2D eigenvalue weighted by Gasteiger charge is 2.42. The van der Waals surface area contributed by atoms with Gasteiger partial charge in [0.05, 0.1) is 17.6 Å². The fourth-order valence-electron chi connectivity index (χ4n) is 3.91. The van der Waals surface area contributed by atoms with Crippen LogP contribution < -0.4 is 0 Å². The topological polar surface area (TPSA) is 44.0 Å². The lowest BCUT2D eigenvalue weighted by molar-refractivity contribution is -0.00134. The van der Waals surface area contributed by atoms with E-state index in [1.54, 1.807) is 0 Å². The molecule has 2 aliphatic carbocycles. The highest BCUT2D eigenvalue weighted by Crippen LogP contribution is 2.43. The van der Waals surface area contributed by atoms with E-state index >= 15 is 0 Å². The Balaban J connectivity index is 2.07. The number of hydrogen-bond donors (Lipinski definition) is 1. The first kappa shape index (κ1) is 13.9. The first-order valence-electron chi connectivity index (χ1n) is 7.88. The SMILES string of the molecule is N#CC1(C(O)C2CCCCCC2)CCCCCC1. The van der Waals surface area contributed by atoms with Crippen molar-refractivity contribution in [3.05, 3.63) is 0 Å². The maximum absolute atomic E-state index is 10.8. The third kappa shape index (κ3) is 3.06. The Morgan fingerprint density at radius 2 is 1.39 bits per heavy atom. The average molecular weight is 249 g/mol. The summed E-state index contributed by atoms with van der Waals surface area (Å²) in [6, 6.07) is 2.52. The summed E-state index contributed by atoms with van der Waals surface area (Å²) in [4.78, 5) is 0. The minimum absolute atomic E-state index is 0.376. The Bertz CT molecular complexity index is 278. The van der Waals surface area contributed by atoms with Crippen LogP contribution in [0.5, 0.6) is 0 Å². The van der Waals surface area contributed by atoms with Crippen LogP contribution >= 0.6 is 0 Å². The van der Waals surface area contributed by atoms with Gasteiger partial charge in [0.2, 0.25) is 0 Å². The van der Waals surface area contributed by atoms with Crippen molar-refractivity contribution in [2.45, 2.75) is 83.2 Å². The zero-order chi connectivity index (χ0) is 12.8. The van der Waals surface area contributed by atoms with E-state index in [2.05, 4.69) is 6.07 Å². The Hall–Kier alpha value is -0.550. The van der Waals surface area contributed by atoms with Crippen molar-refractivity contribution >= 4 is 0 Å². The summed E-state index contributed by atoms with van der Waals surface area (Å²) in [6.07, 6.45) is 13.5. The fraction of sp³-hybridized carbons (Fsp3) is 0.938. The number of nitriles is 1. The first-order valence-corrected chi connectivity index (χ1v) is 7.88. The van der Waals surface area contributed by atoms with E-state index in [4.69, 9.17) is 0 Å². The molecule has 0 amide bonds. The zero-order valence-electron chi connectivity index (χ0n) is 11.5. The molecule has 2 fully saturated rings. The molecule has 2 rings (SSSR count). The summed E-state index contributed by atoms with van der Waals surface area (Å²) in [7, 11) is 0. The van der Waals surface area contributed by atoms with Crippen LogP contribution in [0.3, 0.4) is 0 Å². The van der Waals surface area contributed by atoms with Gasteiger partial charge < -0.3 is 5.11 Å². The van der Waals surface area contributed by atoms with Crippen molar-refractivity contribution in [3.8, 4) is 6.07 Å². The van der Waals surface area contributed by atoms with E-state index in [1.165, 1.54) is 38.5 Å². The molecule has 0 spiro atoms. The molecule has 102 valence electrons. The van der Waals surface area contributed by atoms with E-state index in [1.807, 2.05) is 0 Å². The van der Waals surface area contributed by atoms with Crippen LogP contribution in [0.2, 0.25) is 0 Å². The highest BCUT2D eigenvalue weighted by atomic mass is 16.3. The van der Waals surface area contributed by atoms with E-state index in [9.17, 15) is 10.4 Å². The molecule has 0 aromatic heterocycles. The smallest absolute Gasteiger partial charge is 0.0835 e. The maximum atomic E-state index is 10.8. The van der Waals surface area contributed by atoms with Crippen molar-refractivity contribution in [1.82, 2.24) is 0 Å². The van der Waals surface area contributed by atoms with Crippen LogP contribution in [-0.2, 0) is 0 Å². The predicted octanol–water partition coefficient (Wildman–Crippen LogP) is 4.18. The van der Waals surface area contributed by atoms with Crippen molar-refractivity contribution in [2.75, 3.05) is 0 Å². The van der Waals surface area contributed by atoms with Gasteiger partial charge in [-0.1, -0.05) is 51.4 Å². The lowest BCUT2D eigenvalue weighted by Crippen LogP contribution is -2.39. The number of hydrogen-bond acceptors (Lipinski definition) is 2. The Labute approximate surface area is 111 Å². The molecule has 0 radical (unpaired) electrons. The van der Waals surface area contributed by atoms with Gasteiger partial charge in [-0.05, 0) is 31.6 Å². The van der Waals surface area contributed by atoms with Crippen LogP contribution in [0, 0.1) is 22.7 Å². The molecule has 0 heterocycles. The number of rotatable bonds is 2. The molecule has 0 bridgehead atoms. The summed E-state index contributed by atoms with van der Waals surface area (Å²) in [6.45, 7) is 0. The van der Waals surface area contributed by atoms with E-state index in [-0.39, 0.29) is 6.10 Å². The molecule has 0 aliphatic heterocycles. The first-order chi connectivity index (χ1) is 8.78. The van der Waals surface area contributed by atoms with Gasteiger partial charge in [0.1, 0.15) is 0 Å². The molecule has 18 heavy (non-hydrogen) atoms. The Kier molecular flexibility index (Phi) is 5.06. The van der Waals surface area contributed by atoms with Gasteiger partial charge in [-0.2, -0.15) is 5.26 Å². The molecule has 1 atom stereocenters. The largest absolute Gasteiger partial charge is 0.391 e. The normalized spacial score (nSPS) is 27.8. The molecule has 1 N–H and O–H groups in total. The van der Waals surface area contributed by atoms with Gasteiger partial charge in [-0.3, -0.25) is 0 Å². The molecule has 2 nitrogen and oxygen atoms in total. The van der Waals surface area contributed by atoms with Crippen LogP contribution in [0.25, 0.3) is 0 Å². The summed E-state index contributed by atoms with van der Waals surface area (Å²) >= 11 is 0. The molecule has 2 aliphatic rings. The van der Waals surface area contributed by atoms with Crippen molar-refractivity contribution < 1.29 is 5.11 Å². The van der Waals surface area contributed by atoms with Gasteiger partial charge in [0, 0.05) is 0 Å². The fourth-order valence-corrected chi connectivity index (χ4v) is 3.91.